The van der Waals surface area contributed by atoms with Crippen LogP contribution in [0, 0.1) is 0 Å². The second-order valence-electron chi connectivity index (χ2n) is 5.46. The first-order valence-corrected chi connectivity index (χ1v) is 7.56. The van der Waals surface area contributed by atoms with Gasteiger partial charge in [0.1, 0.15) is 12.7 Å². The predicted molar refractivity (Wildman–Crippen MR) is 79.6 cm³/mol. The summed E-state index contributed by atoms with van der Waals surface area (Å²) in [6, 6.07) is 0. The van der Waals surface area contributed by atoms with Crippen LogP contribution in [0.25, 0.3) is 0 Å². The first kappa shape index (κ1) is 21.4. The molecule has 5 atom stereocenters. The van der Waals surface area contributed by atoms with Crippen LogP contribution in [0.5, 0.6) is 0 Å². The lowest BCUT2D eigenvalue weighted by atomic mass is 9.94. The lowest BCUT2D eigenvalue weighted by Gasteiger charge is -2.42. The summed E-state index contributed by atoms with van der Waals surface area (Å²) >= 11 is 0. The molecule has 1 aliphatic heterocycles. The molecule has 11 nitrogen and oxygen atoms in total. The van der Waals surface area contributed by atoms with Gasteiger partial charge in [-0.2, -0.15) is 0 Å². The molecule has 1 rings (SSSR count). The molecule has 0 saturated carbocycles. The van der Waals surface area contributed by atoms with Gasteiger partial charge in [0.15, 0.2) is 24.4 Å². The summed E-state index contributed by atoms with van der Waals surface area (Å²) in [7, 11) is 0. The quantitative estimate of drug-likeness (QED) is 0.458. The van der Waals surface area contributed by atoms with E-state index in [1.807, 2.05) is 0 Å². The maximum absolute atomic E-state index is 11.5. The highest BCUT2D eigenvalue weighted by Crippen LogP contribution is 2.29. The Balaban J connectivity index is 3.29. The summed E-state index contributed by atoms with van der Waals surface area (Å²) in [6.45, 7) is 3.78. The van der Waals surface area contributed by atoms with E-state index in [1.165, 1.54) is 0 Å². The Hall–Kier alpha value is -2.69. The van der Waals surface area contributed by atoms with Crippen molar-refractivity contribution in [2.75, 3.05) is 6.61 Å². The van der Waals surface area contributed by atoms with Gasteiger partial charge in [-0.25, -0.2) is 4.79 Å². The van der Waals surface area contributed by atoms with E-state index in [0.29, 0.717) is 0 Å². The lowest BCUT2D eigenvalue weighted by Crippen LogP contribution is -2.64. The van der Waals surface area contributed by atoms with Crippen molar-refractivity contribution in [1.29, 1.82) is 0 Å². The normalized spacial score (nSPS) is 27.8. The molecule has 0 spiro atoms. The highest BCUT2D eigenvalue weighted by molar-refractivity contribution is 5.75. The highest BCUT2D eigenvalue weighted by atomic mass is 16.7. The molecule has 0 unspecified atom stereocenters. The van der Waals surface area contributed by atoms with Gasteiger partial charge in [-0.1, -0.05) is 0 Å². The van der Waals surface area contributed by atoms with E-state index in [9.17, 15) is 29.1 Å². The van der Waals surface area contributed by atoms with E-state index in [-0.39, 0.29) is 0 Å². The third-order valence-electron chi connectivity index (χ3n) is 3.23. The number of carboxylic acids is 1. The van der Waals surface area contributed by atoms with Crippen LogP contribution in [0.15, 0.2) is 0 Å². The van der Waals surface area contributed by atoms with Crippen molar-refractivity contribution in [3.05, 3.63) is 0 Å². The number of esters is 4. The zero-order chi connectivity index (χ0) is 20.0. The van der Waals surface area contributed by atoms with Crippen LogP contribution in [0.3, 0.4) is 0 Å². The standard InChI is InChI=1S/C15H20O11/c1-6(16)22-5-10-11(23-7(2)17)12(24-8(3)18)13(25-9(4)19)14(26-10)15(20)21/h10-14H,5H2,1-4H3,(H,20,21)/t10-,11-,12+,13-,14-/m1/s1. The third-order valence-corrected chi connectivity index (χ3v) is 3.23. The topological polar surface area (TPSA) is 152 Å². The van der Waals surface area contributed by atoms with E-state index in [4.69, 9.17) is 23.7 Å². The Morgan fingerprint density at radius 2 is 1.23 bits per heavy atom. The fourth-order valence-electron chi connectivity index (χ4n) is 2.43. The van der Waals surface area contributed by atoms with Crippen molar-refractivity contribution in [1.82, 2.24) is 0 Å². The molecule has 0 bridgehead atoms. The minimum Gasteiger partial charge on any atom is -0.479 e. The molecule has 1 fully saturated rings. The molecule has 0 amide bonds. The third kappa shape index (κ3) is 5.99. The van der Waals surface area contributed by atoms with Crippen LogP contribution in [0.2, 0.25) is 0 Å². The summed E-state index contributed by atoms with van der Waals surface area (Å²) in [5, 5.41) is 9.36. The number of carboxylic acid groups (broad SMARTS) is 1. The van der Waals surface area contributed by atoms with Gasteiger partial charge in [-0.05, 0) is 0 Å². The van der Waals surface area contributed by atoms with E-state index in [2.05, 4.69) is 0 Å². The second kappa shape index (κ2) is 9.13. The average molecular weight is 376 g/mol. The molecule has 0 radical (unpaired) electrons. The summed E-state index contributed by atoms with van der Waals surface area (Å²) in [5.74, 6) is -4.68. The molecule has 0 aromatic heterocycles. The Kier molecular flexibility index (Phi) is 7.50. The van der Waals surface area contributed by atoms with Crippen molar-refractivity contribution in [3.63, 3.8) is 0 Å². The molecular formula is C15H20O11. The van der Waals surface area contributed by atoms with Crippen LogP contribution in [-0.2, 0) is 47.7 Å². The largest absolute Gasteiger partial charge is 0.479 e. The Morgan fingerprint density at radius 3 is 1.65 bits per heavy atom. The van der Waals surface area contributed by atoms with Gasteiger partial charge in [-0.15, -0.1) is 0 Å². The Labute approximate surface area is 148 Å². The molecule has 0 aromatic rings. The Morgan fingerprint density at radius 1 is 0.769 bits per heavy atom. The van der Waals surface area contributed by atoms with Crippen LogP contribution >= 0.6 is 0 Å². The Bertz CT molecular complexity index is 584. The van der Waals surface area contributed by atoms with E-state index in [0.717, 1.165) is 27.7 Å². The van der Waals surface area contributed by atoms with Gasteiger partial charge in [0.25, 0.3) is 0 Å². The predicted octanol–water partition coefficient (Wildman–Crippen LogP) is -0.803. The molecule has 11 heteroatoms. The van der Waals surface area contributed by atoms with Gasteiger partial charge >= 0.3 is 29.8 Å². The number of hydrogen-bond acceptors (Lipinski definition) is 10. The molecule has 1 aliphatic rings. The maximum Gasteiger partial charge on any atom is 0.336 e. The molecule has 26 heavy (non-hydrogen) atoms. The van der Waals surface area contributed by atoms with Crippen LogP contribution in [0.4, 0.5) is 0 Å². The van der Waals surface area contributed by atoms with Crippen LogP contribution in [0.1, 0.15) is 27.7 Å². The minimum atomic E-state index is -1.74. The monoisotopic (exact) mass is 376 g/mol. The van der Waals surface area contributed by atoms with Crippen molar-refractivity contribution in [2.45, 2.75) is 58.2 Å². The highest BCUT2D eigenvalue weighted by Gasteiger charge is 2.54. The minimum absolute atomic E-state index is 0.471. The zero-order valence-electron chi connectivity index (χ0n) is 14.6. The smallest absolute Gasteiger partial charge is 0.336 e. The van der Waals surface area contributed by atoms with Gasteiger partial charge in [0.05, 0.1) is 0 Å². The van der Waals surface area contributed by atoms with E-state index < -0.39 is 67.0 Å². The number of aliphatic carboxylic acids is 1. The number of hydrogen-bond donors (Lipinski definition) is 1. The van der Waals surface area contributed by atoms with Crippen LogP contribution in [-0.4, -0.2) is 72.1 Å². The number of carbonyl (C=O) groups is 5. The molecule has 0 aromatic carbocycles. The fourth-order valence-corrected chi connectivity index (χ4v) is 2.43. The van der Waals surface area contributed by atoms with Gasteiger partial charge in [-0.3, -0.25) is 19.2 Å². The van der Waals surface area contributed by atoms with Gasteiger partial charge < -0.3 is 28.8 Å². The summed E-state index contributed by atoms with van der Waals surface area (Å²) < 4.78 is 25.2. The lowest BCUT2D eigenvalue weighted by molar-refractivity contribution is -0.252. The molecule has 146 valence electrons. The van der Waals surface area contributed by atoms with Crippen molar-refractivity contribution in [2.24, 2.45) is 0 Å². The zero-order valence-corrected chi connectivity index (χ0v) is 14.6. The van der Waals surface area contributed by atoms with E-state index in [1.54, 1.807) is 0 Å². The van der Waals surface area contributed by atoms with Crippen molar-refractivity contribution >= 4 is 29.8 Å². The SMILES string of the molecule is CC(=O)OC[C@H]1O[C@@H](C(=O)O)[C@H](OC(C)=O)[C@@H](OC(C)=O)[C@@H]1OC(C)=O. The van der Waals surface area contributed by atoms with Gasteiger partial charge in [0, 0.05) is 27.7 Å². The fraction of sp³-hybridized carbons (Fsp3) is 0.667. The van der Waals surface area contributed by atoms with E-state index >= 15 is 0 Å². The van der Waals surface area contributed by atoms with Crippen molar-refractivity contribution < 1.29 is 52.8 Å². The maximum atomic E-state index is 11.5. The van der Waals surface area contributed by atoms with Crippen LogP contribution < -0.4 is 0 Å². The number of rotatable bonds is 6. The molecule has 1 N–H and O–H groups in total. The van der Waals surface area contributed by atoms with Gasteiger partial charge in [0.2, 0.25) is 0 Å². The molecular weight excluding hydrogens is 356 g/mol. The summed E-state index contributed by atoms with van der Waals surface area (Å²) in [5.41, 5.74) is 0. The average Bonchev–Trinajstić information content (AvgIpc) is 2.47. The molecule has 1 saturated heterocycles. The van der Waals surface area contributed by atoms with Crippen molar-refractivity contribution in [3.8, 4) is 0 Å². The first-order chi connectivity index (χ1) is 12.0. The number of carbonyl (C=O) groups excluding carboxylic acids is 4. The molecule has 1 heterocycles. The summed E-state index contributed by atoms with van der Waals surface area (Å²) in [6.07, 6.45) is -7.42. The molecule has 0 aliphatic carbocycles. The first-order valence-electron chi connectivity index (χ1n) is 7.56. The number of ether oxygens (including phenoxy) is 5. The second-order valence-corrected chi connectivity index (χ2v) is 5.46. The summed E-state index contributed by atoms with van der Waals surface area (Å²) in [4.78, 5) is 56.8.